The number of hydrogen-bond acceptors (Lipinski definition) is 5. The van der Waals surface area contributed by atoms with Crippen molar-refractivity contribution < 1.29 is 14.3 Å². The fourth-order valence-electron chi connectivity index (χ4n) is 2.14. The molecule has 1 heterocycles. The molecule has 0 saturated carbocycles. The van der Waals surface area contributed by atoms with Gasteiger partial charge in [0.05, 0.1) is 18.7 Å². The van der Waals surface area contributed by atoms with Gasteiger partial charge in [-0.1, -0.05) is 28.1 Å². The predicted octanol–water partition coefficient (Wildman–Crippen LogP) is 3.76. The summed E-state index contributed by atoms with van der Waals surface area (Å²) in [5.41, 5.74) is 1.52. The number of likely N-dealkylation sites (N-methyl/N-ethyl adjacent to an activating group) is 1. The Labute approximate surface area is 153 Å². The summed E-state index contributed by atoms with van der Waals surface area (Å²) in [6.07, 6.45) is 0. The monoisotopic (exact) mass is 410 g/mol. The molecule has 0 spiro atoms. The van der Waals surface area contributed by atoms with Crippen LogP contribution in [0.5, 0.6) is 0 Å². The molecule has 0 fully saturated rings. The average molecular weight is 411 g/mol. The van der Waals surface area contributed by atoms with Gasteiger partial charge in [0.15, 0.2) is 0 Å². The Kier molecular flexibility index (Phi) is 6.96. The molecule has 128 valence electrons. The molecule has 0 bridgehead atoms. The van der Waals surface area contributed by atoms with E-state index in [1.54, 1.807) is 18.4 Å². The second kappa shape index (κ2) is 8.96. The van der Waals surface area contributed by atoms with Crippen LogP contribution in [0.15, 0.2) is 40.2 Å². The molecule has 2 rings (SSSR count). The SMILES string of the molecule is CCOC(=O)c1ccsc1NC(=O)CN(C)Cc1ccc(Br)cc1. The van der Waals surface area contributed by atoms with E-state index in [0.29, 0.717) is 23.7 Å². The van der Waals surface area contributed by atoms with Crippen LogP contribution < -0.4 is 5.32 Å². The number of hydrogen-bond donors (Lipinski definition) is 1. The zero-order chi connectivity index (χ0) is 17.5. The van der Waals surface area contributed by atoms with Crippen LogP contribution in [0.1, 0.15) is 22.8 Å². The standard InChI is InChI=1S/C17H19BrN2O3S/c1-3-23-17(22)14-8-9-24-16(14)19-15(21)11-20(2)10-12-4-6-13(18)7-5-12/h4-9H,3,10-11H2,1-2H3,(H,19,21). The lowest BCUT2D eigenvalue weighted by molar-refractivity contribution is -0.117. The largest absolute Gasteiger partial charge is 0.462 e. The number of ether oxygens (including phenoxy) is 1. The Morgan fingerprint density at radius 1 is 1.25 bits per heavy atom. The number of nitrogens with one attached hydrogen (secondary N) is 1. The second-order valence-electron chi connectivity index (χ2n) is 5.23. The number of carbonyl (C=O) groups excluding carboxylic acids is 2. The lowest BCUT2D eigenvalue weighted by atomic mass is 10.2. The van der Waals surface area contributed by atoms with Crippen molar-refractivity contribution in [3.05, 3.63) is 51.3 Å². The summed E-state index contributed by atoms with van der Waals surface area (Å²) in [6, 6.07) is 9.62. The van der Waals surface area contributed by atoms with E-state index in [-0.39, 0.29) is 12.5 Å². The lowest BCUT2D eigenvalue weighted by Gasteiger charge is -2.16. The molecule has 1 N–H and O–H groups in total. The van der Waals surface area contributed by atoms with Crippen LogP contribution in [0.2, 0.25) is 0 Å². The van der Waals surface area contributed by atoms with Gasteiger partial charge in [0.2, 0.25) is 5.91 Å². The summed E-state index contributed by atoms with van der Waals surface area (Å²) < 4.78 is 6.00. The molecular weight excluding hydrogens is 392 g/mol. The number of nitrogens with zero attached hydrogens (tertiary/aromatic N) is 1. The molecule has 1 amide bonds. The van der Waals surface area contributed by atoms with Gasteiger partial charge in [0.1, 0.15) is 5.00 Å². The first-order chi connectivity index (χ1) is 11.5. The van der Waals surface area contributed by atoms with Gasteiger partial charge in [-0.15, -0.1) is 11.3 Å². The third-order valence-electron chi connectivity index (χ3n) is 3.19. The fraction of sp³-hybridized carbons (Fsp3) is 0.294. The van der Waals surface area contributed by atoms with E-state index in [0.717, 1.165) is 10.0 Å². The summed E-state index contributed by atoms with van der Waals surface area (Å²) in [5.74, 6) is -0.583. The van der Waals surface area contributed by atoms with Crippen molar-refractivity contribution in [3.63, 3.8) is 0 Å². The maximum absolute atomic E-state index is 12.2. The van der Waals surface area contributed by atoms with Gasteiger partial charge in [0.25, 0.3) is 0 Å². The number of halogens is 1. The highest BCUT2D eigenvalue weighted by atomic mass is 79.9. The van der Waals surface area contributed by atoms with Crippen molar-refractivity contribution in [2.24, 2.45) is 0 Å². The first-order valence-corrected chi connectivity index (χ1v) is 9.14. The Bertz CT molecular complexity index is 700. The first kappa shape index (κ1) is 18.6. The van der Waals surface area contributed by atoms with Crippen LogP contribution >= 0.6 is 27.3 Å². The van der Waals surface area contributed by atoms with Gasteiger partial charge < -0.3 is 10.1 Å². The molecule has 2 aromatic rings. The van der Waals surface area contributed by atoms with E-state index in [4.69, 9.17) is 4.74 Å². The fourth-order valence-corrected chi connectivity index (χ4v) is 3.20. The third-order valence-corrected chi connectivity index (χ3v) is 4.55. The highest BCUT2D eigenvalue weighted by molar-refractivity contribution is 9.10. The number of amides is 1. The number of rotatable bonds is 7. The van der Waals surface area contributed by atoms with Crippen molar-refractivity contribution in [2.75, 3.05) is 25.5 Å². The summed E-state index contributed by atoms with van der Waals surface area (Å²) in [5, 5.41) is 5.07. The molecular formula is C17H19BrN2O3S. The number of carbonyl (C=O) groups is 2. The minimum Gasteiger partial charge on any atom is -0.462 e. The molecule has 0 aliphatic carbocycles. The van der Waals surface area contributed by atoms with Crippen molar-refractivity contribution in [1.82, 2.24) is 4.90 Å². The van der Waals surface area contributed by atoms with Crippen LogP contribution in [0, 0.1) is 0 Å². The minimum atomic E-state index is -0.419. The van der Waals surface area contributed by atoms with Gasteiger partial charge in [-0.05, 0) is 43.1 Å². The van der Waals surface area contributed by atoms with Gasteiger partial charge in [0, 0.05) is 11.0 Å². The molecule has 0 aliphatic heterocycles. The number of esters is 1. The maximum atomic E-state index is 12.2. The summed E-state index contributed by atoms with van der Waals surface area (Å²) in [7, 11) is 1.88. The van der Waals surface area contributed by atoms with Crippen molar-refractivity contribution in [1.29, 1.82) is 0 Å². The van der Waals surface area contributed by atoms with E-state index in [1.807, 2.05) is 36.2 Å². The predicted molar refractivity (Wildman–Crippen MR) is 99.4 cm³/mol. The molecule has 7 heteroatoms. The molecule has 5 nitrogen and oxygen atoms in total. The molecule has 0 unspecified atom stereocenters. The van der Waals surface area contributed by atoms with E-state index in [2.05, 4.69) is 21.2 Å². The number of thiophene rings is 1. The first-order valence-electron chi connectivity index (χ1n) is 7.47. The third kappa shape index (κ3) is 5.43. The van der Waals surface area contributed by atoms with Gasteiger partial charge in [-0.25, -0.2) is 4.79 Å². The van der Waals surface area contributed by atoms with Crippen LogP contribution in [0.3, 0.4) is 0 Å². The molecule has 0 radical (unpaired) electrons. The highest BCUT2D eigenvalue weighted by Gasteiger charge is 2.16. The molecule has 0 saturated heterocycles. The molecule has 0 atom stereocenters. The van der Waals surface area contributed by atoms with E-state index < -0.39 is 5.97 Å². The van der Waals surface area contributed by atoms with E-state index >= 15 is 0 Å². The van der Waals surface area contributed by atoms with E-state index in [9.17, 15) is 9.59 Å². The van der Waals surface area contributed by atoms with Crippen molar-refractivity contribution in [2.45, 2.75) is 13.5 Å². The number of benzene rings is 1. The Morgan fingerprint density at radius 3 is 2.62 bits per heavy atom. The zero-order valence-electron chi connectivity index (χ0n) is 13.5. The van der Waals surface area contributed by atoms with Crippen LogP contribution in [-0.2, 0) is 16.1 Å². The van der Waals surface area contributed by atoms with Gasteiger partial charge in [-0.3, -0.25) is 9.69 Å². The van der Waals surface area contributed by atoms with Gasteiger partial charge >= 0.3 is 5.97 Å². The zero-order valence-corrected chi connectivity index (χ0v) is 15.9. The average Bonchev–Trinajstić information content (AvgIpc) is 2.97. The Hall–Kier alpha value is -1.70. The van der Waals surface area contributed by atoms with Crippen LogP contribution in [0.4, 0.5) is 5.00 Å². The normalized spacial score (nSPS) is 10.7. The summed E-state index contributed by atoms with van der Waals surface area (Å²) in [6.45, 7) is 2.95. The van der Waals surface area contributed by atoms with Crippen molar-refractivity contribution in [3.8, 4) is 0 Å². The summed E-state index contributed by atoms with van der Waals surface area (Å²) in [4.78, 5) is 25.9. The Morgan fingerprint density at radius 2 is 1.96 bits per heavy atom. The molecule has 24 heavy (non-hydrogen) atoms. The quantitative estimate of drug-likeness (QED) is 0.705. The number of anilines is 1. The summed E-state index contributed by atoms with van der Waals surface area (Å²) >= 11 is 4.71. The molecule has 0 aliphatic rings. The minimum absolute atomic E-state index is 0.164. The highest BCUT2D eigenvalue weighted by Crippen LogP contribution is 2.24. The van der Waals surface area contributed by atoms with Crippen molar-refractivity contribution >= 4 is 44.1 Å². The molecule has 1 aromatic heterocycles. The smallest absolute Gasteiger partial charge is 0.341 e. The maximum Gasteiger partial charge on any atom is 0.341 e. The van der Waals surface area contributed by atoms with Gasteiger partial charge in [-0.2, -0.15) is 0 Å². The second-order valence-corrected chi connectivity index (χ2v) is 7.06. The van der Waals surface area contributed by atoms with E-state index in [1.165, 1.54) is 11.3 Å². The lowest BCUT2D eigenvalue weighted by Crippen LogP contribution is -2.30. The topological polar surface area (TPSA) is 58.6 Å². The van der Waals surface area contributed by atoms with Crippen LogP contribution in [-0.4, -0.2) is 37.0 Å². The Balaban J connectivity index is 1.90. The van der Waals surface area contributed by atoms with Crippen LogP contribution in [0.25, 0.3) is 0 Å². The molecule has 1 aromatic carbocycles.